The molecule has 0 unspecified atom stereocenters. The number of nitrogens with one attached hydrogen (secondary N) is 1. The van der Waals surface area contributed by atoms with E-state index in [1.807, 2.05) is 0 Å². The van der Waals surface area contributed by atoms with Gasteiger partial charge in [0.1, 0.15) is 0 Å². The third-order valence-corrected chi connectivity index (χ3v) is 1.93. The number of hydrogen-bond acceptors (Lipinski definition) is 1. The molecule has 1 fully saturated rings. The van der Waals surface area contributed by atoms with Crippen LogP contribution in [0.1, 0.15) is 26.7 Å². The molecule has 1 saturated heterocycles. The fourth-order valence-corrected chi connectivity index (χ4v) is 1.33. The van der Waals surface area contributed by atoms with Crippen LogP contribution in [0.3, 0.4) is 0 Å². The Bertz CT molecular complexity index is 70.8. The minimum atomic E-state index is 0.824. The molecule has 1 aliphatic heterocycles. The Labute approximate surface area is 51.5 Å². The second-order valence-electron chi connectivity index (χ2n) is 2.85. The molecule has 0 aromatic rings. The molecule has 1 nitrogen and oxygen atoms in total. The lowest BCUT2D eigenvalue weighted by Gasteiger charge is -2.02. The Morgan fingerprint density at radius 1 is 1.62 bits per heavy atom. The zero-order chi connectivity index (χ0) is 5.98. The van der Waals surface area contributed by atoms with E-state index in [2.05, 4.69) is 19.2 Å². The van der Waals surface area contributed by atoms with Crippen molar-refractivity contribution >= 4 is 0 Å². The van der Waals surface area contributed by atoms with Gasteiger partial charge in [0.15, 0.2) is 0 Å². The van der Waals surface area contributed by atoms with Crippen molar-refractivity contribution in [2.45, 2.75) is 32.7 Å². The molecule has 1 rings (SSSR count). The predicted octanol–water partition coefficient (Wildman–Crippen LogP) is 1.39. The molecule has 0 spiro atoms. The smallest absolute Gasteiger partial charge is 0.00675 e. The lowest BCUT2D eigenvalue weighted by Crippen LogP contribution is -2.19. The van der Waals surface area contributed by atoms with Crippen molar-refractivity contribution in [2.24, 2.45) is 5.92 Å². The minimum absolute atomic E-state index is 0.824. The summed E-state index contributed by atoms with van der Waals surface area (Å²) in [5.41, 5.74) is 0. The van der Waals surface area contributed by atoms with Crippen LogP contribution in [0.5, 0.6) is 0 Å². The molecule has 48 valence electrons. The summed E-state index contributed by atoms with van der Waals surface area (Å²) >= 11 is 0. The van der Waals surface area contributed by atoms with Gasteiger partial charge in [-0.25, -0.2) is 0 Å². The highest BCUT2D eigenvalue weighted by Crippen LogP contribution is 2.14. The Morgan fingerprint density at radius 2 is 2.38 bits per heavy atom. The standard InChI is InChI=1S/C7H15N/c1-3-7-4-6(2)5-8-7/h6-8H,3-5H2,1-2H3/t6-,7-/m0/s1. The van der Waals surface area contributed by atoms with Gasteiger partial charge in [-0.3, -0.25) is 0 Å². The number of hydrogen-bond donors (Lipinski definition) is 1. The van der Waals surface area contributed by atoms with Gasteiger partial charge in [0, 0.05) is 6.04 Å². The molecule has 2 atom stereocenters. The van der Waals surface area contributed by atoms with Crippen LogP contribution in [0.25, 0.3) is 0 Å². The molecule has 0 amide bonds. The van der Waals surface area contributed by atoms with Gasteiger partial charge in [0.25, 0.3) is 0 Å². The molecule has 0 aromatic heterocycles. The average Bonchev–Trinajstić information content (AvgIpc) is 2.14. The summed E-state index contributed by atoms with van der Waals surface area (Å²) in [5, 5.41) is 3.46. The first-order valence-corrected chi connectivity index (χ1v) is 3.56. The van der Waals surface area contributed by atoms with Crippen molar-refractivity contribution in [3.63, 3.8) is 0 Å². The van der Waals surface area contributed by atoms with Crippen LogP contribution in [0.4, 0.5) is 0 Å². The van der Waals surface area contributed by atoms with Crippen LogP contribution in [-0.4, -0.2) is 12.6 Å². The molecular weight excluding hydrogens is 98.1 g/mol. The van der Waals surface area contributed by atoms with Crippen molar-refractivity contribution in [1.29, 1.82) is 0 Å². The fraction of sp³-hybridized carbons (Fsp3) is 1.00. The van der Waals surface area contributed by atoms with E-state index in [0.29, 0.717) is 0 Å². The lowest BCUT2D eigenvalue weighted by molar-refractivity contribution is 0.568. The van der Waals surface area contributed by atoms with E-state index in [4.69, 9.17) is 0 Å². The van der Waals surface area contributed by atoms with Gasteiger partial charge in [-0.15, -0.1) is 0 Å². The van der Waals surface area contributed by atoms with E-state index in [1.165, 1.54) is 19.4 Å². The quantitative estimate of drug-likeness (QED) is 0.542. The van der Waals surface area contributed by atoms with Crippen molar-refractivity contribution in [3.05, 3.63) is 0 Å². The van der Waals surface area contributed by atoms with E-state index in [9.17, 15) is 0 Å². The molecule has 8 heavy (non-hydrogen) atoms. The zero-order valence-electron chi connectivity index (χ0n) is 5.78. The molecule has 1 heteroatoms. The monoisotopic (exact) mass is 113 g/mol. The fourth-order valence-electron chi connectivity index (χ4n) is 1.33. The van der Waals surface area contributed by atoms with Crippen molar-refractivity contribution in [3.8, 4) is 0 Å². The van der Waals surface area contributed by atoms with Crippen LogP contribution in [0.15, 0.2) is 0 Å². The molecule has 0 radical (unpaired) electrons. The maximum Gasteiger partial charge on any atom is 0.00675 e. The molecule has 1 N–H and O–H groups in total. The molecule has 0 aromatic carbocycles. The summed E-state index contributed by atoms with van der Waals surface area (Å²) in [6.07, 6.45) is 2.68. The first kappa shape index (κ1) is 6.09. The molecule has 1 aliphatic rings. The van der Waals surface area contributed by atoms with Crippen molar-refractivity contribution in [2.75, 3.05) is 6.54 Å². The van der Waals surface area contributed by atoms with Crippen LogP contribution in [0.2, 0.25) is 0 Å². The lowest BCUT2D eigenvalue weighted by atomic mass is 10.1. The number of rotatable bonds is 1. The van der Waals surface area contributed by atoms with Gasteiger partial charge in [0.05, 0.1) is 0 Å². The van der Waals surface area contributed by atoms with Crippen LogP contribution < -0.4 is 5.32 Å². The average molecular weight is 113 g/mol. The van der Waals surface area contributed by atoms with Crippen molar-refractivity contribution < 1.29 is 0 Å². The van der Waals surface area contributed by atoms with Crippen LogP contribution in [0, 0.1) is 5.92 Å². The second-order valence-corrected chi connectivity index (χ2v) is 2.85. The summed E-state index contributed by atoms with van der Waals surface area (Å²) in [4.78, 5) is 0. The second kappa shape index (κ2) is 2.49. The zero-order valence-corrected chi connectivity index (χ0v) is 5.78. The largest absolute Gasteiger partial charge is 0.314 e. The van der Waals surface area contributed by atoms with E-state index < -0.39 is 0 Å². The molecular formula is C7H15N. The molecule has 0 aliphatic carbocycles. The van der Waals surface area contributed by atoms with Crippen LogP contribution in [-0.2, 0) is 0 Å². The highest BCUT2D eigenvalue weighted by molar-refractivity contribution is 4.77. The summed E-state index contributed by atoms with van der Waals surface area (Å²) < 4.78 is 0. The first-order valence-electron chi connectivity index (χ1n) is 3.56. The highest BCUT2D eigenvalue weighted by Gasteiger charge is 2.17. The first-order chi connectivity index (χ1) is 3.83. The van der Waals surface area contributed by atoms with Gasteiger partial charge in [0.2, 0.25) is 0 Å². The third-order valence-electron chi connectivity index (χ3n) is 1.93. The topological polar surface area (TPSA) is 12.0 Å². The van der Waals surface area contributed by atoms with E-state index in [-0.39, 0.29) is 0 Å². The summed E-state index contributed by atoms with van der Waals surface area (Å²) in [6.45, 7) is 5.79. The Hall–Kier alpha value is -0.0400. The predicted molar refractivity (Wildman–Crippen MR) is 35.9 cm³/mol. The van der Waals surface area contributed by atoms with E-state index in [1.54, 1.807) is 0 Å². The summed E-state index contributed by atoms with van der Waals surface area (Å²) in [7, 11) is 0. The Kier molecular flexibility index (Phi) is 1.90. The Morgan fingerprint density at radius 3 is 2.62 bits per heavy atom. The van der Waals surface area contributed by atoms with Crippen molar-refractivity contribution in [1.82, 2.24) is 5.32 Å². The van der Waals surface area contributed by atoms with Gasteiger partial charge in [-0.1, -0.05) is 13.8 Å². The minimum Gasteiger partial charge on any atom is -0.314 e. The highest BCUT2D eigenvalue weighted by atomic mass is 14.9. The van der Waals surface area contributed by atoms with E-state index in [0.717, 1.165) is 12.0 Å². The van der Waals surface area contributed by atoms with Gasteiger partial charge in [-0.05, 0) is 25.3 Å². The molecule has 0 bridgehead atoms. The van der Waals surface area contributed by atoms with Gasteiger partial charge >= 0.3 is 0 Å². The summed E-state index contributed by atoms with van der Waals surface area (Å²) in [5.74, 6) is 0.917. The summed E-state index contributed by atoms with van der Waals surface area (Å²) in [6, 6.07) is 0.824. The third kappa shape index (κ3) is 1.22. The Balaban J connectivity index is 2.22. The molecule has 0 saturated carbocycles. The SMILES string of the molecule is CC[C@H]1C[C@H](C)CN1. The normalized spacial score (nSPS) is 38.2. The van der Waals surface area contributed by atoms with Crippen LogP contribution >= 0.6 is 0 Å². The maximum atomic E-state index is 3.46. The van der Waals surface area contributed by atoms with Gasteiger partial charge in [-0.2, -0.15) is 0 Å². The maximum absolute atomic E-state index is 3.46. The van der Waals surface area contributed by atoms with Gasteiger partial charge < -0.3 is 5.32 Å². The van der Waals surface area contributed by atoms with E-state index >= 15 is 0 Å². The molecule has 1 heterocycles.